The molecular weight excluding hydrogens is 547 g/mol. The number of rotatable bonds is 8. The minimum Gasteiger partial charge on any atom is -0.355 e. The Morgan fingerprint density at radius 3 is 1.41 bits per heavy atom. The quantitative estimate of drug-likeness (QED) is 0.183. The van der Waals surface area contributed by atoms with Crippen LogP contribution in [-0.4, -0.2) is 19.5 Å². The average Bonchev–Trinajstić information content (AvgIpc) is 3.77. The van der Waals surface area contributed by atoms with Gasteiger partial charge in [0.15, 0.2) is 0 Å². The third kappa shape index (κ3) is 5.05. The number of H-pyrrole nitrogens is 1. The van der Waals surface area contributed by atoms with Gasteiger partial charge in [-0.1, -0.05) is 48.5 Å². The molecule has 2 aliphatic heterocycles. The minimum atomic E-state index is 0. The molecule has 0 amide bonds. The molecule has 4 nitrogen and oxygen atoms in total. The van der Waals surface area contributed by atoms with Gasteiger partial charge in [0, 0.05) is 56.3 Å². The SMILES string of the molecule is CCc1c2nc(c(CC)c3cc(CC)c([nH]3)c(CC)c3c(CC)c(CC)c(c(CC)c4nc1C=C4)n3CC)C=C2.[Ni]. The van der Waals surface area contributed by atoms with Crippen molar-refractivity contribution in [2.45, 2.75) is 107 Å². The van der Waals surface area contributed by atoms with Crippen LogP contribution in [-0.2, 0) is 68.0 Å². The van der Waals surface area contributed by atoms with Crippen molar-refractivity contribution in [3.8, 4) is 0 Å². The molecular formula is C36H46N4Ni. The molecule has 3 aromatic rings. The number of nitrogens with zero attached hydrogens (tertiary/aromatic N) is 3. The molecule has 0 aliphatic carbocycles. The molecule has 0 spiro atoms. The van der Waals surface area contributed by atoms with Crippen molar-refractivity contribution in [1.29, 1.82) is 0 Å². The first-order valence-corrected chi connectivity index (χ1v) is 15.7. The fraction of sp³-hybridized carbons (Fsp3) is 0.444. The second kappa shape index (κ2) is 12.9. The minimum absolute atomic E-state index is 0. The van der Waals surface area contributed by atoms with E-state index in [0.29, 0.717) is 0 Å². The van der Waals surface area contributed by atoms with E-state index < -0.39 is 0 Å². The summed E-state index contributed by atoms with van der Waals surface area (Å²) < 4.78 is 2.62. The zero-order valence-electron chi connectivity index (χ0n) is 26.2. The summed E-state index contributed by atoms with van der Waals surface area (Å²) in [4.78, 5) is 14.4. The Hall–Kier alpha value is -2.91. The molecule has 5 rings (SSSR count). The number of aromatic nitrogens is 4. The average molecular weight is 593 g/mol. The summed E-state index contributed by atoms with van der Waals surface area (Å²) >= 11 is 0. The van der Waals surface area contributed by atoms with Gasteiger partial charge in [-0.25, -0.2) is 9.97 Å². The summed E-state index contributed by atoms with van der Waals surface area (Å²) in [5, 5.41) is 0. The van der Waals surface area contributed by atoms with Crippen LogP contribution in [0.3, 0.4) is 0 Å². The van der Waals surface area contributed by atoms with Gasteiger partial charge in [-0.05, 0) is 104 Å². The molecule has 0 aromatic carbocycles. The molecule has 1 N–H and O–H groups in total. The molecule has 0 atom stereocenters. The molecule has 220 valence electrons. The van der Waals surface area contributed by atoms with Crippen LogP contribution >= 0.6 is 0 Å². The Bertz CT molecular complexity index is 1680. The fourth-order valence-electron chi connectivity index (χ4n) is 7.03. The maximum Gasteiger partial charge on any atom is 0.0691 e. The van der Waals surface area contributed by atoms with E-state index in [1.807, 2.05) is 0 Å². The van der Waals surface area contributed by atoms with Crippen LogP contribution in [0.5, 0.6) is 0 Å². The van der Waals surface area contributed by atoms with E-state index in [0.717, 1.165) is 74.3 Å². The number of hydrogen-bond acceptors (Lipinski definition) is 2. The van der Waals surface area contributed by atoms with Crippen LogP contribution < -0.4 is 0 Å². The molecule has 0 radical (unpaired) electrons. The molecule has 41 heavy (non-hydrogen) atoms. The van der Waals surface area contributed by atoms with Crippen LogP contribution in [0.15, 0.2) is 6.07 Å². The Morgan fingerprint density at radius 2 is 0.976 bits per heavy atom. The van der Waals surface area contributed by atoms with Gasteiger partial charge in [0.25, 0.3) is 0 Å². The van der Waals surface area contributed by atoms with Crippen molar-refractivity contribution in [2.75, 3.05) is 0 Å². The first-order valence-electron chi connectivity index (χ1n) is 15.7. The topological polar surface area (TPSA) is 46.5 Å². The van der Waals surface area contributed by atoms with E-state index in [1.165, 1.54) is 61.0 Å². The third-order valence-corrected chi connectivity index (χ3v) is 8.91. The van der Waals surface area contributed by atoms with Crippen molar-refractivity contribution in [3.63, 3.8) is 0 Å². The van der Waals surface area contributed by atoms with Gasteiger partial charge in [0.1, 0.15) is 0 Å². The van der Waals surface area contributed by atoms with Crippen LogP contribution in [0.25, 0.3) is 46.4 Å². The van der Waals surface area contributed by atoms with Gasteiger partial charge in [-0.15, -0.1) is 0 Å². The summed E-state index contributed by atoms with van der Waals surface area (Å²) in [7, 11) is 0. The van der Waals surface area contributed by atoms with Crippen LogP contribution in [0.4, 0.5) is 0 Å². The van der Waals surface area contributed by atoms with Gasteiger partial charge >= 0.3 is 0 Å². The zero-order valence-corrected chi connectivity index (χ0v) is 27.2. The molecule has 2 aliphatic rings. The predicted octanol–water partition coefficient (Wildman–Crippen LogP) is 9.08. The predicted molar refractivity (Wildman–Crippen MR) is 174 cm³/mol. The summed E-state index contributed by atoms with van der Waals surface area (Å²) in [6.07, 6.45) is 15.6. The molecule has 0 fully saturated rings. The Morgan fingerprint density at radius 1 is 0.537 bits per heavy atom. The number of fused-ring (bicyclic) bond motifs is 8. The van der Waals surface area contributed by atoms with Crippen LogP contribution in [0, 0.1) is 0 Å². The molecule has 0 saturated heterocycles. The summed E-state index contributed by atoms with van der Waals surface area (Å²) in [6, 6.07) is 2.39. The first-order chi connectivity index (χ1) is 19.5. The van der Waals surface area contributed by atoms with Crippen molar-refractivity contribution >= 4 is 46.4 Å². The van der Waals surface area contributed by atoms with E-state index in [4.69, 9.17) is 9.97 Å². The monoisotopic (exact) mass is 592 g/mol. The van der Waals surface area contributed by atoms with Crippen molar-refractivity contribution < 1.29 is 16.5 Å². The van der Waals surface area contributed by atoms with E-state index in [9.17, 15) is 0 Å². The number of hydrogen-bond donors (Lipinski definition) is 1. The summed E-state index contributed by atoms with van der Waals surface area (Å²) in [5.74, 6) is 0. The second-order valence-corrected chi connectivity index (χ2v) is 10.8. The van der Waals surface area contributed by atoms with Crippen molar-refractivity contribution in [2.24, 2.45) is 0 Å². The summed E-state index contributed by atoms with van der Waals surface area (Å²) in [5.41, 5.74) is 19.2. The zero-order chi connectivity index (χ0) is 28.6. The Labute approximate surface area is 256 Å². The third-order valence-electron chi connectivity index (χ3n) is 8.91. The Balaban J connectivity index is 0.00000387. The molecule has 8 bridgehead atoms. The van der Waals surface area contributed by atoms with Gasteiger partial charge in [-0.3, -0.25) is 0 Å². The van der Waals surface area contributed by atoms with E-state index in [1.54, 1.807) is 0 Å². The summed E-state index contributed by atoms with van der Waals surface area (Å²) in [6.45, 7) is 19.2. The largest absolute Gasteiger partial charge is 0.355 e. The van der Waals surface area contributed by atoms with E-state index in [-0.39, 0.29) is 16.5 Å². The molecule has 3 aromatic heterocycles. The molecule has 5 heteroatoms. The van der Waals surface area contributed by atoms with E-state index >= 15 is 0 Å². The normalized spacial score (nSPS) is 12.3. The standard InChI is InChI=1S/C36H46N4.Ni/c1-9-22-21-33-26(13-5)31-18-17-29(37-31)25(12-4)30-19-20-32(38-30)27(14-6)35-23(10-2)24(11-3)36(40(35)16-8)28(15-7)34(22)39-33;/h17-21,39H,9-16H2,1-8H3;. The van der Waals surface area contributed by atoms with Crippen molar-refractivity contribution in [1.82, 2.24) is 19.5 Å². The van der Waals surface area contributed by atoms with Gasteiger partial charge in [0.2, 0.25) is 0 Å². The number of aryl methyl sites for hydroxylation is 7. The molecule has 0 saturated carbocycles. The second-order valence-electron chi connectivity index (χ2n) is 10.8. The first kappa shape index (κ1) is 31.0. The van der Waals surface area contributed by atoms with Crippen molar-refractivity contribution in [3.05, 3.63) is 67.8 Å². The van der Waals surface area contributed by atoms with Crippen LogP contribution in [0.1, 0.15) is 117 Å². The molecule has 5 heterocycles. The van der Waals surface area contributed by atoms with Gasteiger partial charge in [-0.2, -0.15) is 0 Å². The maximum absolute atomic E-state index is 5.29. The smallest absolute Gasteiger partial charge is 0.0691 e. The number of nitrogens with one attached hydrogen (secondary N) is 1. The Kier molecular flexibility index (Phi) is 9.80. The van der Waals surface area contributed by atoms with Gasteiger partial charge in [0.05, 0.1) is 28.3 Å². The number of aromatic amines is 1. The fourth-order valence-corrected chi connectivity index (χ4v) is 7.03. The molecule has 0 unspecified atom stereocenters. The van der Waals surface area contributed by atoms with Crippen LogP contribution in [0.2, 0.25) is 0 Å². The van der Waals surface area contributed by atoms with Gasteiger partial charge < -0.3 is 9.55 Å². The maximum atomic E-state index is 5.29. The van der Waals surface area contributed by atoms with E-state index in [2.05, 4.69) is 95.3 Å².